The van der Waals surface area contributed by atoms with Crippen LogP contribution in [0.5, 0.6) is 0 Å². The molecular weight excluding hydrogens is 202 g/mol. The number of ether oxygens (including phenoxy) is 1. The monoisotopic (exact) mass is 219 g/mol. The molecular formula is C9H17NO3S. The summed E-state index contributed by atoms with van der Waals surface area (Å²) in [5.41, 5.74) is -0.536. The van der Waals surface area contributed by atoms with E-state index in [-0.39, 0.29) is 5.12 Å². The van der Waals surface area contributed by atoms with E-state index in [0.717, 1.165) is 11.8 Å². The largest absolute Gasteiger partial charge is 0.444 e. The van der Waals surface area contributed by atoms with Crippen molar-refractivity contribution in [3.8, 4) is 0 Å². The van der Waals surface area contributed by atoms with E-state index < -0.39 is 17.7 Å². The van der Waals surface area contributed by atoms with E-state index in [1.807, 2.05) is 0 Å². The van der Waals surface area contributed by atoms with Crippen molar-refractivity contribution in [2.45, 2.75) is 39.3 Å². The fourth-order valence-electron chi connectivity index (χ4n) is 0.720. The molecule has 0 saturated heterocycles. The van der Waals surface area contributed by atoms with Gasteiger partial charge in [-0.05, 0) is 34.0 Å². The zero-order valence-electron chi connectivity index (χ0n) is 9.21. The lowest BCUT2D eigenvalue weighted by atomic mass is 10.2. The summed E-state index contributed by atoms with van der Waals surface area (Å²) in [5, 5.41) is 2.37. The number of carbonyl (C=O) groups is 2. The van der Waals surface area contributed by atoms with Gasteiger partial charge in [0.25, 0.3) is 0 Å². The predicted molar refractivity (Wildman–Crippen MR) is 57.4 cm³/mol. The highest BCUT2D eigenvalue weighted by molar-refractivity contribution is 8.13. The highest BCUT2D eigenvalue weighted by Crippen LogP contribution is 2.07. The molecule has 1 atom stereocenters. The zero-order valence-corrected chi connectivity index (χ0v) is 10.0. The van der Waals surface area contributed by atoms with Crippen molar-refractivity contribution < 1.29 is 14.3 Å². The minimum absolute atomic E-state index is 0.0872. The van der Waals surface area contributed by atoms with E-state index in [9.17, 15) is 9.59 Å². The topological polar surface area (TPSA) is 55.4 Å². The van der Waals surface area contributed by atoms with E-state index in [1.54, 1.807) is 34.0 Å². The number of hydrogen-bond acceptors (Lipinski definition) is 4. The number of nitrogens with one attached hydrogen (secondary N) is 1. The average Bonchev–Trinajstić information content (AvgIpc) is 1.99. The van der Waals surface area contributed by atoms with Gasteiger partial charge in [0, 0.05) is 0 Å². The Bertz CT molecular complexity index is 223. The lowest BCUT2D eigenvalue weighted by Gasteiger charge is -2.21. The number of rotatable bonds is 2. The van der Waals surface area contributed by atoms with Crippen LogP contribution in [-0.4, -0.2) is 29.1 Å². The molecule has 4 nitrogen and oxygen atoms in total. The van der Waals surface area contributed by atoms with E-state index in [4.69, 9.17) is 4.74 Å². The molecule has 0 aliphatic rings. The quantitative estimate of drug-likeness (QED) is 0.769. The maximum Gasteiger partial charge on any atom is 0.408 e. The summed E-state index contributed by atoms with van der Waals surface area (Å²) in [6.45, 7) is 6.94. The Balaban J connectivity index is 4.01. The molecule has 0 aromatic carbocycles. The lowest BCUT2D eigenvalue weighted by Crippen LogP contribution is -2.40. The highest BCUT2D eigenvalue weighted by atomic mass is 32.2. The molecule has 0 heterocycles. The van der Waals surface area contributed by atoms with E-state index >= 15 is 0 Å². The van der Waals surface area contributed by atoms with Crippen molar-refractivity contribution in [1.82, 2.24) is 5.32 Å². The molecule has 1 N–H and O–H groups in total. The third-order valence-electron chi connectivity index (χ3n) is 1.29. The van der Waals surface area contributed by atoms with Crippen LogP contribution < -0.4 is 5.32 Å². The fraction of sp³-hybridized carbons (Fsp3) is 0.778. The molecule has 0 saturated carbocycles. The average molecular weight is 219 g/mol. The first-order chi connectivity index (χ1) is 6.26. The SMILES string of the molecule is CSC(=O)[C@H](C)NC(=O)OC(C)(C)C. The van der Waals surface area contributed by atoms with Crippen molar-refractivity contribution in [2.24, 2.45) is 0 Å². The van der Waals surface area contributed by atoms with Gasteiger partial charge in [-0.1, -0.05) is 11.8 Å². The van der Waals surface area contributed by atoms with Crippen LogP contribution in [0.25, 0.3) is 0 Å². The molecule has 0 spiro atoms. The molecule has 5 heteroatoms. The second-order valence-corrected chi connectivity index (χ2v) is 4.70. The van der Waals surface area contributed by atoms with Gasteiger partial charge in [-0.25, -0.2) is 4.79 Å². The first kappa shape index (κ1) is 13.3. The van der Waals surface area contributed by atoms with Gasteiger partial charge in [0.15, 0.2) is 0 Å². The van der Waals surface area contributed by atoms with Crippen LogP contribution >= 0.6 is 11.8 Å². The maximum atomic E-state index is 11.2. The lowest BCUT2D eigenvalue weighted by molar-refractivity contribution is -0.112. The van der Waals surface area contributed by atoms with Gasteiger partial charge in [0.05, 0.1) is 6.04 Å². The van der Waals surface area contributed by atoms with Gasteiger partial charge in [0.1, 0.15) is 5.60 Å². The van der Waals surface area contributed by atoms with Gasteiger partial charge in [-0.3, -0.25) is 4.79 Å². The smallest absolute Gasteiger partial charge is 0.408 e. The van der Waals surface area contributed by atoms with Gasteiger partial charge >= 0.3 is 6.09 Å². The van der Waals surface area contributed by atoms with Crippen LogP contribution in [0.4, 0.5) is 4.79 Å². The Kier molecular flexibility index (Phi) is 4.97. The Morgan fingerprint density at radius 3 is 2.21 bits per heavy atom. The fourth-order valence-corrected chi connectivity index (χ4v) is 1.13. The molecule has 0 aromatic rings. The summed E-state index contributed by atoms with van der Waals surface area (Å²) < 4.78 is 4.99. The van der Waals surface area contributed by atoms with Crippen molar-refractivity contribution in [3.63, 3.8) is 0 Å². The molecule has 0 bridgehead atoms. The van der Waals surface area contributed by atoms with Gasteiger partial charge in [0.2, 0.25) is 5.12 Å². The van der Waals surface area contributed by atoms with E-state index in [2.05, 4.69) is 5.32 Å². The molecule has 0 fully saturated rings. The first-order valence-corrected chi connectivity index (χ1v) is 5.56. The van der Waals surface area contributed by atoms with E-state index in [1.165, 1.54) is 0 Å². The molecule has 0 rings (SSSR count). The summed E-state index contributed by atoms with van der Waals surface area (Å²) in [7, 11) is 0. The number of alkyl carbamates (subject to hydrolysis) is 1. The number of amides is 1. The number of hydrogen-bond donors (Lipinski definition) is 1. The van der Waals surface area contributed by atoms with Crippen molar-refractivity contribution in [2.75, 3.05) is 6.26 Å². The number of thioether (sulfide) groups is 1. The summed E-state index contributed by atoms with van der Waals surface area (Å²) in [5.74, 6) is 0. The molecule has 0 unspecified atom stereocenters. The van der Waals surface area contributed by atoms with Crippen LogP contribution in [0.2, 0.25) is 0 Å². The van der Waals surface area contributed by atoms with E-state index in [0.29, 0.717) is 0 Å². The van der Waals surface area contributed by atoms with Gasteiger partial charge < -0.3 is 10.1 Å². The molecule has 14 heavy (non-hydrogen) atoms. The molecule has 0 aromatic heterocycles. The molecule has 0 aliphatic carbocycles. The van der Waals surface area contributed by atoms with Crippen LogP contribution in [0.1, 0.15) is 27.7 Å². The Labute approximate surface area is 88.8 Å². The maximum absolute atomic E-state index is 11.2. The van der Waals surface area contributed by atoms with Crippen LogP contribution in [0.15, 0.2) is 0 Å². The van der Waals surface area contributed by atoms with Crippen LogP contribution in [0, 0.1) is 0 Å². The summed E-state index contributed by atoms with van der Waals surface area (Å²) in [6.07, 6.45) is 1.11. The number of carbonyl (C=O) groups excluding carboxylic acids is 2. The minimum atomic E-state index is -0.563. The molecule has 82 valence electrons. The first-order valence-electron chi connectivity index (χ1n) is 4.33. The van der Waals surface area contributed by atoms with Crippen LogP contribution in [-0.2, 0) is 9.53 Å². The Morgan fingerprint density at radius 2 is 1.86 bits per heavy atom. The van der Waals surface area contributed by atoms with Crippen molar-refractivity contribution in [1.29, 1.82) is 0 Å². The Morgan fingerprint density at radius 1 is 1.36 bits per heavy atom. The van der Waals surface area contributed by atoms with Gasteiger partial charge in [-0.2, -0.15) is 0 Å². The summed E-state index contributed by atoms with van der Waals surface area (Å²) in [6, 6.07) is -0.514. The third kappa shape index (κ3) is 5.85. The second-order valence-electron chi connectivity index (χ2n) is 3.89. The Hall–Kier alpha value is -0.710. The standard InChI is InChI=1S/C9H17NO3S/c1-6(7(11)14-5)10-8(12)13-9(2,3)4/h6H,1-5H3,(H,10,12)/t6-/m0/s1. The zero-order chi connectivity index (χ0) is 11.4. The highest BCUT2D eigenvalue weighted by Gasteiger charge is 2.20. The molecule has 0 aliphatic heterocycles. The van der Waals surface area contributed by atoms with Crippen molar-refractivity contribution >= 4 is 23.0 Å². The predicted octanol–water partition coefficient (Wildman–Crippen LogP) is 1.79. The van der Waals surface area contributed by atoms with Crippen LogP contribution in [0.3, 0.4) is 0 Å². The summed E-state index contributed by atoms with van der Waals surface area (Å²) in [4.78, 5) is 22.3. The third-order valence-corrected chi connectivity index (χ3v) is 2.04. The molecule has 0 radical (unpaired) electrons. The normalized spacial score (nSPS) is 13.2. The minimum Gasteiger partial charge on any atom is -0.444 e. The van der Waals surface area contributed by atoms with Crippen molar-refractivity contribution in [3.05, 3.63) is 0 Å². The summed E-state index contributed by atoms with van der Waals surface area (Å²) >= 11 is 1.08. The second kappa shape index (κ2) is 5.24. The molecule has 1 amide bonds. The van der Waals surface area contributed by atoms with Gasteiger partial charge in [-0.15, -0.1) is 0 Å².